The molecular formula is C18H31NO2. The van der Waals surface area contributed by atoms with Gasteiger partial charge in [0.1, 0.15) is 0 Å². The minimum atomic E-state index is 0.355. The van der Waals surface area contributed by atoms with Gasteiger partial charge in [0.15, 0.2) is 11.5 Å². The molecule has 120 valence electrons. The van der Waals surface area contributed by atoms with Gasteiger partial charge in [-0.1, -0.05) is 19.9 Å². The minimum absolute atomic E-state index is 0.355. The number of rotatable bonds is 10. The lowest BCUT2D eigenvalue weighted by Crippen LogP contribution is -2.20. The SMILES string of the molecule is CCOc1ccc(CCC(C)(C)CCNC)cc1OCC. The Hall–Kier alpha value is -1.22. The Labute approximate surface area is 130 Å². The van der Waals surface area contributed by atoms with Crippen molar-refractivity contribution in [3.05, 3.63) is 23.8 Å². The van der Waals surface area contributed by atoms with Gasteiger partial charge < -0.3 is 14.8 Å². The molecule has 1 aromatic carbocycles. The van der Waals surface area contributed by atoms with Crippen molar-refractivity contribution in [3.63, 3.8) is 0 Å². The zero-order valence-electron chi connectivity index (χ0n) is 14.3. The highest BCUT2D eigenvalue weighted by Crippen LogP contribution is 2.31. The number of aryl methyl sites for hydroxylation is 1. The summed E-state index contributed by atoms with van der Waals surface area (Å²) in [5.41, 5.74) is 1.67. The molecule has 0 atom stereocenters. The summed E-state index contributed by atoms with van der Waals surface area (Å²) >= 11 is 0. The Bertz CT molecular complexity index is 416. The minimum Gasteiger partial charge on any atom is -0.490 e. The fraction of sp³-hybridized carbons (Fsp3) is 0.667. The quantitative estimate of drug-likeness (QED) is 0.706. The first kappa shape index (κ1) is 17.8. The van der Waals surface area contributed by atoms with Crippen LogP contribution in [0.4, 0.5) is 0 Å². The molecule has 0 saturated heterocycles. The molecule has 0 spiro atoms. The van der Waals surface area contributed by atoms with E-state index in [-0.39, 0.29) is 0 Å². The Morgan fingerprint density at radius 2 is 1.67 bits per heavy atom. The van der Waals surface area contributed by atoms with Crippen LogP contribution in [0.3, 0.4) is 0 Å². The van der Waals surface area contributed by atoms with Gasteiger partial charge in [0.25, 0.3) is 0 Å². The molecule has 0 bridgehead atoms. The molecule has 1 N–H and O–H groups in total. The lowest BCUT2D eigenvalue weighted by atomic mass is 9.83. The largest absolute Gasteiger partial charge is 0.490 e. The van der Waals surface area contributed by atoms with E-state index >= 15 is 0 Å². The van der Waals surface area contributed by atoms with E-state index in [0.29, 0.717) is 18.6 Å². The third-order valence-corrected chi connectivity index (χ3v) is 3.75. The van der Waals surface area contributed by atoms with Crippen LogP contribution in [0, 0.1) is 5.41 Å². The van der Waals surface area contributed by atoms with E-state index in [4.69, 9.17) is 9.47 Å². The third kappa shape index (κ3) is 6.38. The van der Waals surface area contributed by atoms with E-state index in [1.165, 1.54) is 18.4 Å². The summed E-state index contributed by atoms with van der Waals surface area (Å²) in [5.74, 6) is 1.71. The van der Waals surface area contributed by atoms with Crippen molar-refractivity contribution >= 4 is 0 Å². The highest BCUT2D eigenvalue weighted by atomic mass is 16.5. The topological polar surface area (TPSA) is 30.5 Å². The third-order valence-electron chi connectivity index (χ3n) is 3.75. The highest BCUT2D eigenvalue weighted by molar-refractivity contribution is 5.43. The van der Waals surface area contributed by atoms with Gasteiger partial charge in [-0.3, -0.25) is 0 Å². The smallest absolute Gasteiger partial charge is 0.161 e. The number of hydrogen-bond acceptors (Lipinski definition) is 3. The number of ether oxygens (including phenoxy) is 2. The van der Waals surface area contributed by atoms with E-state index in [2.05, 4.69) is 31.3 Å². The first-order chi connectivity index (χ1) is 10.0. The lowest BCUT2D eigenvalue weighted by Gasteiger charge is -2.24. The lowest BCUT2D eigenvalue weighted by molar-refractivity contribution is 0.286. The van der Waals surface area contributed by atoms with Gasteiger partial charge in [-0.2, -0.15) is 0 Å². The summed E-state index contributed by atoms with van der Waals surface area (Å²) in [6.45, 7) is 11.1. The van der Waals surface area contributed by atoms with Crippen LogP contribution >= 0.6 is 0 Å². The number of nitrogens with one attached hydrogen (secondary N) is 1. The molecule has 0 aromatic heterocycles. The molecule has 0 fully saturated rings. The summed E-state index contributed by atoms with van der Waals surface area (Å²) < 4.78 is 11.3. The zero-order chi connectivity index (χ0) is 15.7. The Morgan fingerprint density at radius 3 is 2.29 bits per heavy atom. The van der Waals surface area contributed by atoms with Gasteiger partial charge in [0.05, 0.1) is 13.2 Å². The summed E-state index contributed by atoms with van der Waals surface area (Å²) in [4.78, 5) is 0. The Morgan fingerprint density at radius 1 is 1.00 bits per heavy atom. The van der Waals surface area contributed by atoms with Crippen LogP contribution in [-0.2, 0) is 6.42 Å². The van der Waals surface area contributed by atoms with Crippen LogP contribution in [0.15, 0.2) is 18.2 Å². The fourth-order valence-electron chi connectivity index (χ4n) is 2.32. The summed E-state index contributed by atoms with van der Waals surface area (Å²) in [6, 6.07) is 6.31. The summed E-state index contributed by atoms with van der Waals surface area (Å²) in [7, 11) is 2.01. The van der Waals surface area contributed by atoms with Crippen LogP contribution in [0.5, 0.6) is 11.5 Å². The molecule has 0 heterocycles. The van der Waals surface area contributed by atoms with Crippen molar-refractivity contribution in [1.29, 1.82) is 0 Å². The van der Waals surface area contributed by atoms with Gasteiger partial charge in [0, 0.05) is 0 Å². The van der Waals surface area contributed by atoms with Crippen LogP contribution in [0.2, 0.25) is 0 Å². The maximum atomic E-state index is 5.69. The van der Waals surface area contributed by atoms with Crippen molar-refractivity contribution in [2.45, 2.75) is 47.0 Å². The molecule has 3 nitrogen and oxygen atoms in total. The second-order valence-electron chi connectivity index (χ2n) is 6.16. The summed E-state index contributed by atoms with van der Waals surface area (Å²) in [5, 5.41) is 3.23. The van der Waals surface area contributed by atoms with Gasteiger partial charge >= 0.3 is 0 Å². The maximum Gasteiger partial charge on any atom is 0.161 e. The molecule has 0 radical (unpaired) electrons. The molecule has 21 heavy (non-hydrogen) atoms. The predicted molar refractivity (Wildman–Crippen MR) is 89.4 cm³/mol. The molecule has 0 aliphatic heterocycles. The van der Waals surface area contributed by atoms with Crippen LogP contribution < -0.4 is 14.8 Å². The van der Waals surface area contributed by atoms with E-state index in [9.17, 15) is 0 Å². The molecule has 3 heteroatoms. The fourth-order valence-corrected chi connectivity index (χ4v) is 2.32. The number of benzene rings is 1. The first-order valence-electron chi connectivity index (χ1n) is 8.05. The molecule has 0 saturated carbocycles. The van der Waals surface area contributed by atoms with Crippen LogP contribution in [0.25, 0.3) is 0 Å². The van der Waals surface area contributed by atoms with Crippen LogP contribution in [-0.4, -0.2) is 26.8 Å². The van der Waals surface area contributed by atoms with Crippen molar-refractivity contribution in [2.75, 3.05) is 26.8 Å². The molecule has 0 aliphatic carbocycles. The van der Waals surface area contributed by atoms with E-state index < -0.39 is 0 Å². The van der Waals surface area contributed by atoms with E-state index in [1.807, 2.05) is 27.0 Å². The van der Waals surface area contributed by atoms with Crippen molar-refractivity contribution < 1.29 is 9.47 Å². The van der Waals surface area contributed by atoms with E-state index in [1.54, 1.807) is 0 Å². The molecule has 0 unspecified atom stereocenters. The average molecular weight is 293 g/mol. The molecule has 0 amide bonds. The monoisotopic (exact) mass is 293 g/mol. The molecule has 1 rings (SSSR count). The van der Waals surface area contributed by atoms with Gasteiger partial charge in [0.2, 0.25) is 0 Å². The van der Waals surface area contributed by atoms with Crippen molar-refractivity contribution in [2.24, 2.45) is 5.41 Å². The zero-order valence-corrected chi connectivity index (χ0v) is 14.3. The molecular weight excluding hydrogens is 262 g/mol. The average Bonchev–Trinajstić information content (AvgIpc) is 2.46. The Balaban J connectivity index is 2.68. The van der Waals surface area contributed by atoms with Crippen LogP contribution in [0.1, 0.15) is 46.1 Å². The normalized spacial score (nSPS) is 11.5. The van der Waals surface area contributed by atoms with Gasteiger partial charge in [-0.15, -0.1) is 0 Å². The van der Waals surface area contributed by atoms with Gasteiger partial charge in [-0.25, -0.2) is 0 Å². The van der Waals surface area contributed by atoms with Crippen molar-refractivity contribution in [1.82, 2.24) is 5.32 Å². The first-order valence-corrected chi connectivity index (χ1v) is 8.05. The second kappa shape index (κ2) is 8.93. The summed E-state index contributed by atoms with van der Waals surface area (Å²) in [6.07, 6.45) is 3.44. The van der Waals surface area contributed by atoms with E-state index in [0.717, 1.165) is 24.5 Å². The highest BCUT2D eigenvalue weighted by Gasteiger charge is 2.17. The van der Waals surface area contributed by atoms with Crippen molar-refractivity contribution in [3.8, 4) is 11.5 Å². The number of hydrogen-bond donors (Lipinski definition) is 1. The van der Waals surface area contributed by atoms with Gasteiger partial charge in [-0.05, 0) is 69.8 Å². The Kier molecular flexibility index (Phi) is 7.58. The second-order valence-corrected chi connectivity index (χ2v) is 6.16. The predicted octanol–water partition coefficient (Wildman–Crippen LogP) is 4.05. The molecule has 0 aliphatic rings. The standard InChI is InChI=1S/C18H31NO2/c1-6-20-16-9-8-15(14-17(16)21-7-2)10-11-18(3,4)12-13-19-5/h8-9,14,19H,6-7,10-13H2,1-5H3. The maximum absolute atomic E-state index is 5.69. The molecule has 1 aromatic rings.